The van der Waals surface area contributed by atoms with Crippen LogP contribution in [-0.2, 0) is 0 Å². The van der Waals surface area contributed by atoms with Crippen LogP contribution in [0.25, 0.3) is 99.1 Å². The molecule has 61 heavy (non-hydrogen) atoms. The molecule has 0 saturated carbocycles. The molecular formula is C52H41B7N2. The Bertz CT molecular complexity index is 3610. The van der Waals surface area contributed by atoms with Gasteiger partial charge in [0.25, 0.3) is 0 Å². The second kappa shape index (κ2) is 14.2. The first-order valence-corrected chi connectivity index (χ1v) is 21.5. The van der Waals surface area contributed by atoms with Gasteiger partial charge in [-0.25, -0.2) is 0 Å². The van der Waals surface area contributed by atoms with Crippen molar-refractivity contribution in [1.82, 2.24) is 9.13 Å². The number of benzene rings is 9. The Kier molecular flexibility index (Phi) is 8.69. The molecule has 2 aromatic heterocycles. The molecule has 2 heterocycles. The van der Waals surface area contributed by atoms with Gasteiger partial charge < -0.3 is 9.13 Å². The summed E-state index contributed by atoms with van der Waals surface area (Å²) in [5.41, 5.74) is 24.3. The number of rotatable bonds is 5. The van der Waals surface area contributed by atoms with E-state index in [1.807, 2.05) is 0 Å². The highest BCUT2D eigenvalue weighted by Crippen LogP contribution is 2.38. The van der Waals surface area contributed by atoms with E-state index >= 15 is 0 Å². The Morgan fingerprint density at radius 2 is 0.803 bits per heavy atom. The lowest BCUT2D eigenvalue weighted by Crippen LogP contribution is -2.48. The third-order valence-corrected chi connectivity index (χ3v) is 14.0. The minimum Gasteiger partial charge on any atom is -0.310 e. The highest BCUT2D eigenvalue weighted by molar-refractivity contribution is 6.69. The molecule has 280 valence electrons. The summed E-state index contributed by atoms with van der Waals surface area (Å²) < 4.78 is 5.04. The van der Waals surface area contributed by atoms with Crippen LogP contribution >= 0.6 is 0 Å². The standard InChI is InChI=1S/C52H41B7N2/c53-44-41(45(54)49(58)51-42(44)43-46(55)47(56)48(57)50(59)52(43)61(51)36-21-18-30-14-7-8-15-31(30)25-36)34-20-23-40-38(27-34)37-26-33(29-12-5-2-6-13-29)19-22-39(37)60(40)35-17-9-16-32(24-35)28-10-3-1-4-11-28/h1-27H,53-59H2. The van der Waals surface area contributed by atoms with E-state index < -0.39 is 0 Å². The van der Waals surface area contributed by atoms with Crippen molar-refractivity contribution in [3.8, 4) is 44.8 Å². The summed E-state index contributed by atoms with van der Waals surface area (Å²) in [5, 5.41) is 7.75. The molecule has 0 fully saturated rings. The summed E-state index contributed by atoms with van der Waals surface area (Å²) in [5.74, 6) is 0. The molecule has 0 saturated heterocycles. The van der Waals surface area contributed by atoms with Crippen molar-refractivity contribution < 1.29 is 0 Å². The normalized spacial score (nSPS) is 11.7. The predicted octanol–water partition coefficient (Wildman–Crippen LogP) is 1.84. The SMILES string of the molecule is Bc1c(B)c(B)c2c(c1B)c1c(B)c(-c3ccc4c(c3)c3cc(-c5ccccc5)ccc3n4-c3cccc(-c4ccccc4)c3)c(B)c(B)c1n2-c1ccc2ccccc2c1. The van der Waals surface area contributed by atoms with Crippen LogP contribution in [-0.4, -0.2) is 64.1 Å². The van der Waals surface area contributed by atoms with Gasteiger partial charge >= 0.3 is 0 Å². The first-order chi connectivity index (χ1) is 29.7. The largest absolute Gasteiger partial charge is 0.310 e. The molecule has 0 atom stereocenters. The third-order valence-electron chi connectivity index (χ3n) is 14.0. The zero-order valence-corrected chi connectivity index (χ0v) is 36.0. The first-order valence-electron chi connectivity index (χ1n) is 21.5. The van der Waals surface area contributed by atoms with Gasteiger partial charge in [0.2, 0.25) is 0 Å². The Morgan fingerprint density at radius 1 is 0.295 bits per heavy atom. The van der Waals surface area contributed by atoms with Crippen molar-refractivity contribution in [1.29, 1.82) is 0 Å². The fourth-order valence-electron chi connectivity index (χ4n) is 10.4. The Labute approximate surface area is 363 Å². The molecule has 9 aromatic carbocycles. The van der Waals surface area contributed by atoms with E-state index in [9.17, 15) is 0 Å². The molecule has 0 N–H and O–H groups in total. The second-order valence-electron chi connectivity index (χ2n) is 17.1. The zero-order valence-electron chi connectivity index (χ0n) is 36.0. The topological polar surface area (TPSA) is 9.86 Å². The first kappa shape index (κ1) is 37.3. The molecule has 0 radical (unpaired) electrons. The fourth-order valence-corrected chi connectivity index (χ4v) is 10.4. The van der Waals surface area contributed by atoms with Crippen LogP contribution in [0.1, 0.15) is 0 Å². The average Bonchev–Trinajstić information content (AvgIpc) is 3.84. The molecule has 11 rings (SSSR count). The maximum Gasteiger partial charge on any atom is 0.141 e. The summed E-state index contributed by atoms with van der Waals surface area (Å²) in [7, 11) is 16.3. The lowest BCUT2D eigenvalue weighted by atomic mass is 9.64. The van der Waals surface area contributed by atoms with Crippen molar-refractivity contribution >= 4 is 148 Å². The van der Waals surface area contributed by atoms with Crippen LogP contribution < -0.4 is 38.2 Å². The van der Waals surface area contributed by atoms with E-state index in [0.29, 0.717) is 0 Å². The van der Waals surface area contributed by atoms with Gasteiger partial charge in [0, 0.05) is 38.6 Å². The predicted molar refractivity (Wildman–Crippen MR) is 286 cm³/mol. The molecule has 11 aromatic rings. The maximum atomic E-state index is 2.58. The summed E-state index contributed by atoms with van der Waals surface area (Å²) in [6.07, 6.45) is 0. The summed E-state index contributed by atoms with van der Waals surface area (Å²) in [6, 6.07) is 60.3. The third kappa shape index (κ3) is 5.67. The van der Waals surface area contributed by atoms with Gasteiger partial charge in [-0.05, 0) is 98.1 Å². The number of hydrogen-bond acceptors (Lipinski definition) is 0. The fraction of sp³-hybridized carbons (Fsp3) is 0. The monoisotopic (exact) mass is 770 g/mol. The van der Waals surface area contributed by atoms with Gasteiger partial charge in [0.15, 0.2) is 0 Å². The highest BCUT2D eigenvalue weighted by Gasteiger charge is 2.25. The van der Waals surface area contributed by atoms with Crippen LogP contribution in [0.5, 0.6) is 0 Å². The van der Waals surface area contributed by atoms with E-state index in [-0.39, 0.29) is 0 Å². The molecule has 0 bridgehead atoms. The van der Waals surface area contributed by atoms with Crippen molar-refractivity contribution in [2.24, 2.45) is 0 Å². The van der Waals surface area contributed by atoms with Crippen LogP contribution in [0.2, 0.25) is 0 Å². The van der Waals surface area contributed by atoms with E-state index in [0.717, 1.165) is 5.69 Å². The zero-order chi connectivity index (χ0) is 41.7. The van der Waals surface area contributed by atoms with Gasteiger partial charge in [0.1, 0.15) is 54.9 Å². The molecule has 2 nitrogen and oxygen atoms in total. The second-order valence-corrected chi connectivity index (χ2v) is 17.1. The van der Waals surface area contributed by atoms with Crippen LogP contribution in [0.4, 0.5) is 0 Å². The Balaban J connectivity index is 1.20. The number of fused-ring (bicyclic) bond motifs is 7. The number of aromatic nitrogens is 2. The Hall–Kier alpha value is -6.71. The van der Waals surface area contributed by atoms with Crippen molar-refractivity contribution in [2.75, 3.05) is 0 Å². The lowest BCUT2D eigenvalue weighted by Gasteiger charge is -2.19. The maximum absolute atomic E-state index is 2.58. The van der Waals surface area contributed by atoms with Crippen molar-refractivity contribution in [2.45, 2.75) is 0 Å². The van der Waals surface area contributed by atoms with Gasteiger partial charge in [-0.15, -0.1) is 5.46 Å². The number of nitrogens with zero attached hydrogens (tertiary/aromatic N) is 2. The minimum absolute atomic E-state index is 1.16. The van der Waals surface area contributed by atoms with Gasteiger partial charge in [0.05, 0.1) is 11.0 Å². The lowest BCUT2D eigenvalue weighted by molar-refractivity contribution is 1.18. The molecule has 0 aliphatic carbocycles. The average molecular weight is 770 g/mol. The van der Waals surface area contributed by atoms with Crippen LogP contribution in [0.3, 0.4) is 0 Å². The van der Waals surface area contributed by atoms with Crippen LogP contribution in [0.15, 0.2) is 164 Å². The summed E-state index contributed by atoms with van der Waals surface area (Å²) in [4.78, 5) is 0. The van der Waals surface area contributed by atoms with Crippen LogP contribution in [0, 0.1) is 0 Å². The van der Waals surface area contributed by atoms with E-state index in [1.165, 1.54) is 132 Å². The molecule has 9 heteroatoms. The van der Waals surface area contributed by atoms with E-state index in [4.69, 9.17) is 0 Å². The summed E-state index contributed by atoms with van der Waals surface area (Å²) in [6.45, 7) is 0. The van der Waals surface area contributed by atoms with Gasteiger partial charge in [-0.2, -0.15) is 0 Å². The van der Waals surface area contributed by atoms with E-state index in [1.54, 1.807) is 0 Å². The number of hydrogen-bond donors (Lipinski definition) is 0. The molecule has 0 aliphatic heterocycles. The quantitative estimate of drug-likeness (QED) is 0.237. The molecular weight excluding hydrogens is 728 g/mol. The molecule has 0 unspecified atom stereocenters. The highest BCUT2D eigenvalue weighted by atomic mass is 15.0. The molecule has 0 spiro atoms. The van der Waals surface area contributed by atoms with Crippen molar-refractivity contribution in [3.63, 3.8) is 0 Å². The molecule has 0 amide bonds. The van der Waals surface area contributed by atoms with E-state index in [2.05, 4.69) is 228 Å². The van der Waals surface area contributed by atoms with Gasteiger partial charge in [-0.1, -0.05) is 148 Å². The smallest absolute Gasteiger partial charge is 0.141 e. The van der Waals surface area contributed by atoms with Gasteiger partial charge in [-0.3, -0.25) is 0 Å². The molecule has 0 aliphatic rings. The summed E-state index contributed by atoms with van der Waals surface area (Å²) >= 11 is 0. The van der Waals surface area contributed by atoms with Crippen molar-refractivity contribution in [3.05, 3.63) is 164 Å². The minimum atomic E-state index is 1.16. The Morgan fingerprint density at radius 3 is 1.48 bits per heavy atom.